The molecule has 0 bridgehead atoms. The minimum Gasteiger partial charge on any atom is -0.347 e. The van der Waals surface area contributed by atoms with E-state index in [-0.39, 0.29) is 11.9 Å². The molecule has 1 heterocycles. The summed E-state index contributed by atoms with van der Waals surface area (Å²) in [5.41, 5.74) is 0.992. The van der Waals surface area contributed by atoms with Crippen LogP contribution in [-0.4, -0.2) is 40.9 Å². The molecule has 1 aromatic rings. The van der Waals surface area contributed by atoms with Gasteiger partial charge in [0.1, 0.15) is 5.82 Å². The molecule has 5 heteroatoms. The Labute approximate surface area is 89.9 Å². The van der Waals surface area contributed by atoms with Crippen molar-refractivity contribution in [1.29, 1.82) is 0 Å². The molecule has 1 aromatic heterocycles. The largest absolute Gasteiger partial charge is 0.347 e. The number of hydrogen-bond acceptors (Lipinski definition) is 3. The lowest BCUT2D eigenvalue weighted by Crippen LogP contribution is -2.41. The van der Waals surface area contributed by atoms with Crippen molar-refractivity contribution in [3.05, 3.63) is 17.7 Å². The Morgan fingerprint density at radius 2 is 2.33 bits per heavy atom. The maximum atomic E-state index is 11.5. The molecule has 2 N–H and O–H groups in total. The summed E-state index contributed by atoms with van der Waals surface area (Å²) in [6.07, 6.45) is 1.77. The van der Waals surface area contributed by atoms with Crippen LogP contribution >= 0.6 is 0 Å². The number of aryl methyl sites for hydroxylation is 1. The lowest BCUT2D eigenvalue weighted by Gasteiger charge is -2.17. The maximum absolute atomic E-state index is 11.5. The zero-order valence-electron chi connectivity index (χ0n) is 9.66. The van der Waals surface area contributed by atoms with Crippen LogP contribution in [0.1, 0.15) is 18.4 Å². The number of imidazole rings is 1. The third kappa shape index (κ3) is 3.36. The second-order valence-electron chi connectivity index (χ2n) is 3.83. The van der Waals surface area contributed by atoms with Crippen LogP contribution < -0.4 is 5.32 Å². The highest BCUT2D eigenvalue weighted by Crippen LogP contribution is 1.96. The molecule has 1 rings (SSSR count). The van der Waals surface area contributed by atoms with Gasteiger partial charge in [0, 0.05) is 32.5 Å². The molecule has 0 aliphatic heterocycles. The highest BCUT2D eigenvalue weighted by molar-refractivity contribution is 5.80. The van der Waals surface area contributed by atoms with Crippen LogP contribution in [0.2, 0.25) is 0 Å². The number of amides is 1. The first-order valence-electron chi connectivity index (χ1n) is 4.95. The summed E-state index contributed by atoms with van der Waals surface area (Å²) in [5, 5.41) is 3.13. The SMILES string of the molecule is Cc1ncc(CNC(C)C(=O)N(C)C)[nH]1. The average molecular weight is 210 g/mol. The van der Waals surface area contributed by atoms with Gasteiger partial charge in [-0.1, -0.05) is 0 Å². The first-order valence-corrected chi connectivity index (χ1v) is 4.95. The van der Waals surface area contributed by atoms with E-state index in [1.54, 1.807) is 25.2 Å². The van der Waals surface area contributed by atoms with E-state index in [9.17, 15) is 4.79 Å². The normalized spacial score (nSPS) is 12.5. The Hall–Kier alpha value is -1.36. The lowest BCUT2D eigenvalue weighted by atomic mass is 10.3. The quantitative estimate of drug-likeness (QED) is 0.750. The van der Waals surface area contributed by atoms with Gasteiger partial charge in [0.05, 0.1) is 6.04 Å². The molecule has 1 atom stereocenters. The van der Waals surface area contributed by atoms with Gasteiger partial charge in [-0.3, -0.25) is 4.79 Å². The van der Waals surface area contributed by atoms with E-state index in [4.69, 9.17) is 0 Å². The average Bonchev–Trinajstić information content (AvgIpc) is 2.59. The number of aromatic amines is 1. The minimum absolute atomic E-state index is 0.0752. The first-order chi connectivity index (χ1) is 7.00. The molecule has 1 amide bonds. The van der Waals surface area contributed by atoms with Gasteiger partial charge in [0.25, 0.3) is 0 Å². The third-order valence-electron chi connectivity index (χ3n) is 2.17. The Balaban J connectivity index is 2.40. The fraction of sp³-hybridized carbons (Fsp3) is 0.600. The van der Waals surface area contributed by atoms with Crippen molar-refractivity contribution < 1.29 is 4.79 Å². The van der Waals surface area contributed by atoms with Gasteiger partial charge in [-0.25, -0.2) is 4.98 Å². The fourth-order valence-electron chi connectivity index (χ4n) is 1.30. The molecule has 84 valence electrons. The Morgan fingerprint density at radius 1 is 1.67 bits per heavy atom. The molecule has 0 aliphatic carbocycles. The summed E-state index contributed by atoms with van der Waals surface area (Å²) in [7, 11) is 3.50. The number of nitrogens with one attached hydrogen (secondary N) is 2. The number of nitrogens with zero attached hydrogens (tertiary/aromatic N) is 2. The number of carbonyl (C=O) groups is 1. The van der Waals surface area contributed by atoms with Crippen molar-refractivity contribution in [3.63, 3.8) is 0 Å². The fourth-order valence-corrected chi connectivity index (χ4v) is 1.30. The molecule has 0 spiro atoms. The third-order valence-corrected chi connectivity index (χ3v) is 2.17. The molecule has 0 fully saturated rings. The maximum Gasteiger partial charge on any atom is 0.238 e. The van der Waals surface area contributed by atoms with Crippen LogP contribution in [0.5, 0.6) is 0 Å². The molecule has 0 saturated carbocycles. The van der Waals surface area contributed by atoms with Gasteiger partial charge in [-0.05, 0) is 13.8 Å². The second-order valence-corrected chi connectivity index (χ2v) is 3.83. The van der Waals surface area contributed by atoms with Crippen molar-refractivity contribution in [3.8, 4) is 0 Å². The second kappa shape index (κ2) is 4.93. The van der Waals surface area contributed by atoms with Gasteiger partial charge in [-0.2, -0.15) is 0 Å². The van der Waals surface area contributed by atoms with Crippen LogP contribution in [0.4, 0.5) is 0 Å². The Kier molecular flexibility index (Phi) is 3.85. The molecule has 0 radical (unpaired) electrons. The highest BCUT2D eigenvalue weighted by atomic mass is 16.2. The molecule has 1 unspecified atom stereocenters. The molecular weight excluding hydrogens is 192 g/mol. The van der Waals surface area contributed by atoms with Crippen LogP contribution in [0.25, 0.3) is 0 Å². The van der Waals surface area contributed by atoms with Crippen molar-refractivity contribution in [2.75, 3.05) is 14.1 Å². The van der Waals surface area contributed by atoms with Crippen LogP contribution in [-0.2, 0) is 11.3 Å². The van der Waals surface area contributed by atoms with Crippen LogP contribution in [0.15, 0.2) is 6.20 Å². The summed E-state index contributed by atoms with van der Waals surface area (Å²) >= 11 is 0. The highest BCUT2D eigenvalue weighted by Gasteiger charge is 2.13. The number of likely N-dealkylation sites (N-methyl/N-ethyl adjacent to an activating group) is 1. The van der Waals surface area contributed by atoms with E-state index in [1.807, 2.05) is 13.8 Å². The first kappa shape index (κ1) is 11.7. The van der Waals surface area contributed by atoms with Crippen LogP contribution in [0.3, 0.4) is 0 Å². The predicted molar refractivity (Wildman–Crippen MR) is 58.3 cm³/mol. The number of hydrogen-bond donors (Lipinski definition) is 2. The van der Waals surface area contributed by atoms with Crippen molar-refractivity contribution in [2.24, 2.45) is 0 Å². The molecule has 0 aliphatic rings. The van der Waals surface area contributed by atoms with Gasteiger partial charge in [-0.15, -0.1) is 0 Å². The lowest BCUT2D eigenvalue weighted by molar-refractivity contribution is -0.130. The summed E-state index contributed by atoms with van der Waals surface area (Å²) < 4.78 is 0. The summed E-state index contributed by atoms with van der Waals surface area (Å²) in [6, 6.07) is -0.177. The smallest absolute Gasteiger partial charge is 0.238 e. The topological polar surface area (TPSA) is 61.0 Å². The molecule has 0 saturated heterocycles. The van der Waals surface area contributed by atoms with Crippen molar-refractivity contribution >= 4 is 5.91 Å². The van der Waals surface area contributed by atoms with Crippen molar-refractivity contribution in [2.45, 2.75) is 26.4 Å². The predicted octanol–water partition coefficient (Wildman–Crippen LogP) is 0.284. The Bertz CT molecular complexity index is 332. The number of rotatable bonds is 4. The minimum atomic E-state index is -0.177. The zero-order chi connectivity index (χ0) is 11.4. The summed E-state index contributed by atoms with van der Waals surface area (Å²) in [6.45, 7) is 4.38. The van der Waals surface area contributed by atoms with E-state index in [0.717, 1.165) is 11.5 Å². The Morgan fingerprint density at radius 3 is 2.80 bits per heavy atom. The monoisotopic (exact) mass is 210 g/mol. The van der Waals surface area contributed by atoms with E-state index in [1.165, 1.54) is 0 Å². The number of H-pyrrole nitrogens is 1. The molecular formula is C10H18N4O. The standard InChI is InChI=1S/C10H18N4O/c1-7(10(15)14(3)4)11-5-9-6-12-8(2)13-9/h6-7,11H,5H2,1-4H3,(H,12,13). The molecule has 5 nitrogen and oxygen atoms in total. The number of carbonyl (C=O) groups excluding carboxylic acids is 1. The van der Waals surface area contributed by atoms with Gasteiger partial charge in [0.2, 0.25) is 5.91 Å². The summed E-state index contributed by atoms with van der Waals surface area (Å²) in [5.74, 6) is 0.963. The van der Waals surface area contributed by atoms with E-state index >= 15 is 0 Å². The van der Waals surface area contributed by atoms with Crippen molar-refractivity contribution in [1.82, 2.24) is 20.2 Å². The van der Waals surface area contributed by atoms with E-state index in [0.29, 0.717) is 6.54 Å². The van der Waals surface area contributed by atoms with Crippen LogP contribution in [0, 0.1) is 6.92 Å². The van der Waals surface area contributed by atoms with Gasteiger partial charge in [0.15, 0.2) is 0 Å². The zero-order valence-corrected chi connectivity index (χ0v) is 9.66. The van der Waals surface area contributed by atoms with E-state index in [2.05, 4.69) is 15.3 Å². The molecule has 0 aromatic carbocycles. The molecule has 15 heavy (non-hydrogen) atoms. The van der Waals surface area contributed by atoms with Gasteiger partial charge >= 0.3 is 0 Å². The van der Waals surface area contributed by atoms with E-state index < -0.39 is 0 Å². The number of aromatic nitrogens is 2. The van der Waals surface area contributed by atoms with Gasteiger partial charge < -0.3 is 15.2 Å². The summed E-state index contributed by atoms with van der Waals surface area (Å²) in [4.78, 5) is 20.3.